The minimum atomic E-state index is 0.283. The standard InChI is InChI=1S/C20H22N8/c1-13(2)28-17-7-19(22-8-15(17)9-24-28)25-18-5-6-21-20(26-18)16-10-23-27(12-16)11-14-3-4-14/h5-10,12-14H,3-4,11H2,1-2H3,(H,21,22,25,26). The molecule has 0 unspecified atom stereocenters. The summed E-state index contributed by atoms with van der Waals surface area (Å²) in [4.78, 5) is 13.5. The smallest absolute Gasteiger partial charge is 0.164 e. The van der Waals surface area contributed by atoms with Crippen LogP contribution in [0.25, 0.3) is 22.3 Å². The number of nitrogens with zero attached hydrogens (tertiary/aromatic N) is 7. The molecule has 1 N–H and O–H groups in total. The van der Waals surface area contributed by atoms with Gasteiger partial charge in [-0.3, -0.25) is 9.36 Å². The first-order valence-electron chi connectivity index (χ1n) is 9.62. The second-order valence-electron chi connectivity index (χ2n) is 7.60. The van der Waals surface area contributed by atoms with Gasteiger partial charge in [-0.05, 0) is 38.7 Å². The molecule has 4 heterocycles. The Labute approximate surface area is 162 Å². The molecular weight excluding hydrogens is 352 g/mol. The van der Waals surface area contributed by atoms with Gasteiger partial charge in [0.05, 0.1) is 23.5 Å². The zero-order valence-corrected chi connectivity index (χ0v) is 15.9. The maximum absolute atomic E-state index is 4.63. The summed E-state index contributed by atoms with van der Waals surface area (Å²) in [5.41, 5.74) is 1.97. The van der Waals surface area contributed by atoms with Crippen LogP contribution in [0.2, 0.25) is 0 Å². The highest BCUT2D eigenvalue weighted by atomic mass is 15.3. The Kier molecular flexibility index (Phi) is 4.03. The van der Waals surface area contributed by atoms with Crippen molar-refractivity contribution < 1.29 is 0 Å². The Bertz CT molecular complexity index is 1120. The highest BCUT2D eigenvalue weighted by Gasteiger charge is 2.22. The van der Waals surface area contributed by atoms with Crippen LogP contribution in [0.15, 0.2) is 43.1 Å². The molecule has 0 saturated heterocycles. The number of fused-ring (bicyclic) bond motifs is 1. The highest BCUT2D eigenvalue weighted by Crippen LogP contribution is 2.30. The molecule has 4 aromatic rings. The molecule has 1 aliphatic rings. The van der Waals surface area contributed by atoms with Crippen LogP contribution in [0.5, 0.6) is 0 Å². The molecule has 1 aliphatic carbocycles. The minimum Gasteiger partial charge on any atom is -0.325 e. The molecule has 8 heteroatoms. The molecule has 8 nitrogen and oxygen atoms in total. The number of hydrogen-bond donors (Lipinski definition) is 1. The van der Waals surface area contributed by atoms with Gasteiger partial charge in [0.15, 0.2) is 5.82 Å². The summed E-state index contributed by atoms with van der Waals surface area (Å²) in [7, 11) is 0. The topological polar surface area (TPSA) is 86.3 Å². The predicted octanol–water partition coefficient (Wildman–Crippen LogP) is 3.82. The summed E-state index contributed by atoms with van der Waals surface area (Å²) in [5, 5.41) is 13.2. The molecule has 0 spiro atoms. The molecule has 142 valence electrons. The largest absolute Gasteiger partial charge is 0.325 e. The molecule has 28 heavy (non-hydrogen) atoms. The maximum atomic E-state index is 4.63. The minimum absolute atomic E-state index is 0.283. The second kappa shape index (κ2) is 6.70. The third-order valence-electron chi connectivity index (χ3n) is 4.91. The van der Waals surface area contributed by atoms with Crippen molar-refractivity contribution in [1.29, 1.82) is 0 Å². The molecule has 4 aromatic heterocycles. The number of pyridine rings is 1. The van der Waals surface area contributed by atoms with Crippen LogP contribution in [0.3, 0.4) is 0 Å². The van der Waals surface area contributed by atoms with Gasteiger partial charge >= 0.3 is 0 Å². The van der Waals surface area contributed by atoms with Crippen molar-refractivity contribution in [3.8, 4) is 11.4 Å². The van der Waals surface area contributed by atoms with Gasteiger partial charge in [0.1, 0.15) is 11.6 Å². The molecular formula is C20H22N8. The normalized spacial score (nSPS) is 14.1. The maximum Gasteiger partial charge on any atom is 0.164 e. The van der Waals surface area contributed by atoms with Crippen LogP contribution in [-0.4, -0.2) is 34.5 Å². The fourth-order valence-electron chi connectivity index (χ4n) is 3.26. The SMILES string of the molecule is CC(C)n1ncc2cnc(Nc3ccnc(-c4cnn(CC5CC5)c4)n3)cc21. The van der Waals surface area contributed by atoms with Crippen molar-refractivity contribution in [2.75, 3.05) is 5.32 Å². The molecule has 1 fully saturated rings. The lowest BCUT2D eigenvalue weighted by atomic mass is 10.3. The molecule has 0 bridgehead atoms. The fourth-order valence-corrected chi connectivity index (χ4v) is 3.26. The second-order valence-corrected chi connectivity index (χ2v) is 7.60. The fraction of sp³-hybridized carbons (Fsp3) is 0.350. The molecule has 1 saturated carbocycles. The van der Waals surface area contributed by atoms with Crippen LogP contribution >= 0.6 is 0 Å². The molecule has 0 aromatic carbocycles. The van der Waals surface area contributed by atoms with E-state index < -0.39 is 0 Å². The predicted molar refractivity (Wildman–Crippen MR) is 107 cm³/mol. The van der Waals surface area contributed by atoms with Gasteiger partial charge in [-0.15, -0.1) is 0 Å². The van der Waals surface area contributed by atoms with Crippen molar-refractivity contribution in [2.45, 2.75) is 39.3 Å². The van der Waals surface area contributed by atoms with Gasteiger partial charge in [0.2, 0.25) is 0 Å². The van der Waals surface area contributed by atoms with Gasteiger partial charge in [0, 0.05) is 42.6 Å². The number of aromatic nitrogens is 7. The first-order chi connectivity index (χ1) is 13.7. The molecule has 0 radical (unpaired) electrons. The average molecular weight is 374 g/mol. The zero-order valence-electron chi connectivity index (χ0n) is 15.9. The Morgan fingerprint density at radius 1 is 1.11 bits per heavy atom. The van der Waals surface area contributed by atoms with Gasteiger partial charge in [-0.1, -0.05) is 0 Å². The number of nitrogens with one attached hydrogen (secondary N) is 1. The van der Waals surface area contributed by atoms with Crippen LogP contribution in [0.4, 0.5) is 11.6 Å². The third kappa shape index (κ3) is 3.33. The van der Waals surface area contributed by atoms with Crippen molar-refractivity contribution in [3.05, 3.63) is 43.1 Å². The van der Waals surface area contributed by atoms with Gasteiger partial charge in [0.25, 0.3) is 0 Å². The quantitative estimate of drug-likeness (QED) is 0.552. The summed E-state index contributed by atoms with van der Waals surface area (Å²) in [6.07, 6.45) is 11.9. The summed E-state index contributed by atoms with van der Waals surface area (Å²) in [5.74, 6) is 2.86. The van der Waals surface area contributed by atoms with E-state index >= 15 is 0 Å². The molecule has 0 amide bonds. The summed E-state index contributed by atoms with van der Waals surface area (Å²) in [6, 6.07) is 4.12. The van der Waals surface area contributed by atoms with Crippen molar-refractivity contribution in [3.63, 3.8) is 0 Å². The third-order valence-corrected chi connectivity index (χ3v) is 4.91. The van der Waals surface area contributed by atoms with E-state index in [2.05, 4.69) is 44.3 Å². The zero-order chi connectivity index (χ0) is 19.1. The van der Waals surface area contributed by atoms with E-state index in [0.717, 1.165) is 34.7 Å². The highest BCUT2D eigenvalue weighted by molar-refractivity contribution is 5.81. The summed E-state index contributed by atoms with van der Waals surface area (Å²) >= 11 is 0. The van der Waals surface area contributed by atoms with E-state index in [1.807, 2.05) is 46.3 Å². The molecule has 0 atom stereocenters. The lowest BCUT2D eigenvalue weighted by molar-refractivity contribution is 0.551. The Morgan fingerprint density at radius 3 is 2.82 bits per heavy atom. The van der Waals surface area contributed by atoms with Gasteiger partial charge in [-0.25, -0.2) is 15.0 Å². The first-order valence-corrected chi connectivity index (χ1v) is 9.62. The van der Waals surface area contributed by atoms with Crippen LogP contribution in [0, 0.1) is 5.92 Å². The average Bonchev–Trinajstić information content (AvgIpc) is 3.21. The van der Waals surface area contributed by atoms with E-state index in [4.69, 9.17) is 0 Å². The first kappa shape index (κ1) is 16.9. The monoisotopic (exact) mass is 374 g/mol. The molecule has 0 aliphatic heterocycles. The number of anilines is 2. The van der Waals surface area contributed by atoms with E-state index in [9.17, 15) is 0 Å². The Hall–Kier alpha value is -3.29. The van der Waals surface area contributed by atoms with Crippen molar-refractivity contribution in [2.24, 2.45) is 5.92 Å². The lowest BCUT2D eigenvalue weighted by Gasteiger charge is -2.09. The van der Waals surface area contributed by atoms with E-state index in [-0.39, 0.29) is 6.04 Å². The van der Waals surface area contributed by atoms with Crippen LogP contribution in [0.1, 0.15) is 32.7 Å². The Morgan fingerprint density at radius 2 is 2.00 bits per heavy atom. The van der Waals surface area contributed by atoms with Crippen molar-refractivity contribution in [1.82, 2.24) is 34.5 Å². The molecule has 5 rings (SSSR count). The lowest BCUT2D eigenvalue weighted by Crippen LogP contribution is -2.03. The number of rotatable bonds is 6. The number of hydrogen-bond acceptors (Lipinski definition) is 6. The van der Waals surface area contributed by atoms with Crippen molar-refractivity contribution >= 4 is 22.5 Å². The Balaban J connectivity index is 1.39. The van der Waals surface area contributed by atoms with E-state index in [0.29, 0.717) is 11.6 Å². The summed E-state index contributed by atoms with van der Waals surface area (Å²) < 4.78 is 3.97. The van der Waals surface area contributed by atoms with Gasteiger partial charge in [-0.2, -0.15) is 10.2 Å². The van der Waals surface area contributed by atoms with E-state index in [1.54, 1.807) is 6.20 Å². The summed E-state index contributed by atoms with van der Waals surface area (Å²) in [6.45, 7) is 5.20. The van der Waals surface area contributed by atoms with Gasteiger partial charge < -0.3 is 5.32 Å². The van der Waals surface area contributed by atoms with E-state index in [1.165, 1.54) is 12.8 Å². The van der Waals surface area contributed by atoms with Crippen LogP contribution in [-0.2, 0) is 6.54 Å². The van der Waals surface area contributed by atoms with Crippen LogP contribution < -0.4 is 5.32 Å².